The molecule has 0 aromatic carbocycles. The van der Waals surface area contributed by atoms with E-state index in [2.05, 4.69) is 9.97 Å². The summed E-state index contributed by atoms with van der Waals surface area (Å²) in [5, 5.41) is 0. The number of rotatable bonds is 1. The van der Waals surface area contributed by atoms with Crippen molar-refractivity contribution < 1.29 is 95.6 Å². The van der Waals surface area contributed by atoms with Crippen LogP contribution in [0.4, 0.5) is 75.5 Å². The number of halogens is 18. The van der Waals surface area contributed by atoms with Gasteiger partial charge in [0.25, 0.3) is 0 Å². The van der Waals surface area contributed by atoms with Crippen LogP contribution < -0.4 is 0 Å². The van der Waals surface area contributed by atoms with E-state index in [0.717, 1.165) is 11.6 Å². The third-order valence-electron chi connectivity index (χ3n) is 1.84. The van der Waals surface area contributed by atoms with Gasteiger partial charge in [-0.2, -0.15) is 0 Å². The fourth-order valence-corrected chi connectivity index (χ4v) is 1.16. The van der Waals surface area contributed by atoms with Gasteiger partial charge in [0.15, 0.2) is 11.6 Å². The third-order valence-corrected chi connectivity index (χ3v) is 1.84. The maximum Gasteiger partial charge on any atom is 3.00 e. The molecule has 0 N–H and O–H groups in total. The SMILES string of the molecule is Cn1ccnc1-c1nccn1C.F[P-](F)(F)(F)(F)F.F[P-](F)(F)(F)(F)F.F[P-](F)(F)(F)(F)F.[Ir+3]. The van der Waals surface area contributed by atoms with Crippen molar-refractivity contribution >= 4 is 23.4 Å². The predicted molar refractivity (Wildman–Crippen MR) is 86.1 cm³/mol. The molecule has 4 nitrogen and oxygen atoms in total. The van der Waals surface area contributed by atoms with Crippen LogP contribution in [0.25, 0.3) is 11.6 Å². The Balaban J connectivity index is -0.000000390. The van der Waals surface area contributed by atoms with Crippen LogP contribution in [0.15, 0.2) is 24.8 Å². The van der Waals surface area contributed by atoms with Crippen molar-refractivity contribution in [3.63, 3.8) is 0 Å². The fourth-order valence-electron chi connectivity index (χ4n) is 1.16. The van der Waals surface area contributed by atoms with Crippen molar-refractivity contribution in [2.75, 3.05) is 0 Å². The fraction of sp³-hybridized carbons (Fsp3) is 0.250. The molecule has 0 aliphatic carbocycles. The average Bonchev–Trinajstić information content (AvgIpc) is 2.84. The summed E-state index contributed by atoms with van der Waals surface area (Å²) >= 11 is 0. The van der Waals surface area contributed by atoms with E-state index in [-0.39, 0.29) is 20.1 Å². The maximum atomic E-state index is 9.87. The summed E-state index contributed by atoms with van der Waals surface area (Å²) in [5.74, 6) is 1.78. The Bertz CT molecular complexity index is 810. The molecule has 0 aliphatic heterocycles. The van der Waals surface area contributed by atoms with Gasteiger partial charge < -0.3 is 9.13 Å². The zero-order valence-corrected chi connectivity index (χ0v) is 20.7. The molecule has 0 radical (unpaired) electrons. The summed E-state index contributed by atoms with van der Waals surface area (Å²) in [6.07, 6.45) is 7.35. The number of nitrogens with zero attached hydrogens (tertiary/aromatic N) is 4. The van der Waals surface area contributed by atoms with Crippen LogP contribution in [0.1, 0.15) is 0 Å². The molecule has 2 heterocycles. The molecule has 0 bridgehead atoms. The summed E-state index contributed by atoms with van der Waals surface area (Å²) in [4.78, 5) is 8.40. The minimum atomic E-state index is -10.7. The number of imidazole rings is 2. The summed E-state index contributed by atoms with van der Waals surface area (Å²) in [7, 11) is -28.1. The molecular weight excluding hydrogens is 779 g/mol. The second-order valence-electron chi connectivity index (χ2n) is 5.60. The molecule has 2 aromatic heterocycles. The molecule has 0 amide bonds. The summed E-state index contributed by atoms with van der Waals surface area (Å²) in [5.41, 5.74) is 0. The van der Waals surface area contributed by atoms with Crippen molar-refractivity contribution in [1.82, 2.24) is 19.1 Å². The van der Waals surface area contributed by atoms with Crippen molar-refractivity contribution in [1.29, 1.82) is 0 Å². The molecular formula is C8H10F18IrN4P3. The Labute approximate surface area is 189 Å². The minimum absolute atomic E-state index is 0. The molecule has 0 fully saturated rings. The Morgan fingerprint density at radius 3 is 0.706 bits per heavy atom. The Hall–Kier alpha value is -0.901. The van der Waals surface area contributed by atoms with E-state index in [1.807, 2.05) is 35.6 Å². The topological polar surface area (TPSA) is 35.6 Å². The van der Waals surface area contributed by atoms with Crippen molar-refractivity contribution in [2.45, 2.75) is 0 Å². The number of aromatic nitrogens is 4. The van der Waals surface area contributed by atoms with Gasteiger partial charge in [-0.3, -0.25) is 0 Å². The van der Waals surface area contributed by atoms with Crippen molar-refractivity contribution in [2.24, 2.45) is 14.1 Å². The largest absolute Gasteiger partial charge is 3.00 e. The normalized spacial score (nSPS) is 18.0. The zero-order chi connectivity index (χ0) is 27.8. The van der Waals surface area contributed by atoms with Gasteiger partial charge in [-0.25, -0.2) is 9.97 Å². The second kappa shape index (κ2) is 8.05. The molecule has 2 rings (SSSR count). The van der Waals surface area contributed by atoms with Crippen LogP contribution in [0, 0.1) is 0 Å². The van der Waals surface area contributed by atoms with Crippen LogP contribution >= 0.6 is 23.4 Å². The molecule has 0 saturated carbocycles. The summed E-state index contributed by atoms with van der Waals surface area (Å²) < 4.78 is 181. The van der Waals surface area contributed by atoms with E-state index in [0.29, 0.717) is 0 Å². The van der Waals surface area contributed by atoms with Crippen LogP contribution in [-0.2, 0) is 34.2 Å². The first-order chi connectivity index (χ1) is 13.1. The Morgan fingerprint density at radius 1 is 0.471 bits per heavy atom. The van der Waals surface area contributed by atoms with Gasteiger partial charge in [0.2, 0.25) is 0 Å². The van der Waals surface area contributed by atoms with Gasteiger partial charge in [0, 0.05) is 38.9 Å². The smallest absolute Gasteiger partial charge is 3.00 e. The molecule has 0 spiro atoms. The first kappa shape index (κ1) is 37.6. The Kier molecular flexibility index (Phi) is 8.91. The number of hydrogen-bond donors (Lipinski definition) is 0. The Morgan fingerprint density at radius 2 is 0.618 bits per heavy atom. The van der Waals surface area contributed by atoms with Crippen molar-refractivity contribution in [3.8, 4) is 11.6 Å². The van der Waals surface area contributed by atoms with Gasteiger partial charge in [0.1, 0.15) is 0 Å². The van der Waals surface area contributed by atoms with Crippen LogP contribution in [0.5, 0.6) is 0 Å². The molecule has 0 saturated heterocycles. The van der Waals surface area contributed by atoms with Gasteiger partial charge in [0.05, 0.1) is 0 Å². The minimum Gasteiger partial charge on any atom is 3.00 e. The van der Waals surface area contributed by atoms with Gasteiger partial charge in [-0.05, 0) is 0 Å². The molecule has 2 aromatic rings. The monoisotopic (exact) mass is 790 g/mol. The summed E-state index contributed by atoms with van der Waals surface area (Å²) in [6.45, 7) is 0. The van der Waals surface area contributed by atoms with Gasteiger partial charge >= 0.3 is 119 Å². The molecule has 0 aliphatic rings. The first-order valence-corrected chi connectivity index (χ1v) is 12.9. The second-order valence-corrected chi connectivity index (χ2v) is 11.3. The van der Waals surface area contributed by atoms with Gasteiger partial charge in [-0.15, -0.1) is 0 Å². The molecule has 212 valence electrons. The number of hydrogen-bond acceptors (Lipinski definition) is 2. The van der Waals surface area contributed by atoms with Crippen LogP contribution in [0.3, 0.4) is 0 Å². The molecule has 26 heteroatoms. The van der Waals surface area contributed by atoms with E-state index in [1.54, 1.807) is 12.4 Å². The standard InChI is InChI=1S/C8H10N4.3F6P.Ir/c1-11-5-3-9-7(11)8-10-4-6-12(8)2;3*1-7(2,3,4,5)6;/h3-6H,1-2H3;;;;/q;3*-1;+3. The molecule has 0 unspecified atom stereocenters. The van der Waals surface area contributed by atoms with E-state index in [1.165, 1.54) is 0 Å². The third kappa shape index (κ3) is 52.8. The average molecular weight is 789 g/mol. The van der Waals surface area contributed by atoms with E-state index in [4.69, 9.17) is 0 Å². The predicted octanol–water partition coefficient (Wildman–Crippen LogP) is 11.0. The first-order valence-electron chi connectivity index (χ1n) is 6.78. The van der Waals surface area contributed by atoms with Crippen molar-refractivity contribution in [3.05, 3.63) is 24.8 Å². The molecule has 0 atom stereocenters. The van der Waals surface area contributed by atoms with Crippen LogP contribution in [-0.4, -0.2) is 19.1 Å². The van der Waals surface area contributed by atoms with Crippen LogP contribution in [0.2, 0.25) is 0 Å². The zero-order valence-electron chi connectivity index (χ0n) is 15.6. The quantitative estimate of drug-likeness (QED) is 0.213. The van der Waals surface area contributed by atoms with E-state index >= 15 is 0 Å². The molecule has 34 heavy (non-hydrogen) atoms. The number of aryl methyl sites for hydroxylation is 2. The maximum absolute atomic E-state index is 10.7. The van der Waals surface area contributed by atoms with E-state index in [9.17, 15) is 75.5 Å². The summed E-state index contributed by atoms with van der Waals surface area (Å²) in [6, 6.07) is 0. The van der Waals surface area contributed by atoms with Gasteiger partial charge in [-0.1, -0.05) is 0 Å². The van der Waals surface area contributed by atoms with E-state index < -0.39 is 23.4 Å².